The van der Waals surface area contributed by atoms with E-state index in [2.05, 4.69) is 3.63 Å². The molecule has 0 amide bonds. The minimum atomic E-state index is -4.97. The topological polar surface area (TPSA) is 207 Å². The van der Waals surface area contributed by atoms with E-state index in [-0.39, 0.29) is 5.56 Å². The highest BCUT2D eigenvalue weighted by Crippen LogP contribution is 2.28. The fourth-order valence-corrected chi connectivity index (χ4v) is 5.25. The number of para-hydroxylation sites is 1. The van der Waals surface area contributed by atoms with Crippen molar-refractivity contribution in [1.29, 1.82) is 0 Å². The lowest BCUT2D eigenvalue weighted by Crippen LogP contribution is -2.18. The number of benzene rings is 2. The summed E-state index contributed by atoms with van der Waals surface area (Å²) in [4.78, 5) is 29.9. The van der Waals surface area contributed by atoms with Gasteiger partial charge in [-0.3, -0.25) is 30.3 Å². The molecule has 0 fully saturated rings. The summed E-state index contributed by atoms with van der Waals surface area (Å²) in [5.41, 5.74) is -3.06. The monoisotopic (exact) mass is 461 g/mol. The molecule has 160 valence electrons. The van der Waals surface area contributed by atoms with Gasteiger partial charge in [-0.2, -0.15) is 16.8 Å². The lowest BCUT2D eigenvalue weighted by atomic mass is 10.2. The Hall–Kier alpha value is -3.50. The summed E-state index contributed by atoms with van der Waals surface area (Å²) >= 11 is 0. The highest BCUT2D eigenvalue weighted by Gasteiger charge is 2.30. The Balaban J connectivity index is 2.30. The second-order valence-corrected chi connectivity index (χ2v) is 9.04. The van der Waals surface area contributed by atoms with Gasteiger partial charge < -0.3 is 0 Å². The van der Waals surface area contributed by atoms with Gasteiger partial charge in [0.1, 0.15) is 11.5 Å². The van der Waals surface area contributed by atoms with Gasteiger partial charge in [-0.15, -0.1) is 3.63 Å². The smallest absolute Gasteiger partial charge is 0.258 e. The van der Waals surface area contributed by atoms with Gasteiger partial charge in [0.15, 0.2) is 0 Å². The minimum Gasteiger partial charge on any atom is -0.258 e. The molecule has 16 heteroatoms. The van der Waals surface area contributed by atoms with Crippen LogP contribution in [0.3, 0.4) is 0 Å². The van der Waals surface area contributed by atoms with Gasteiger partial charge in [-0.25, -0.2) is 0 Å². The van der Waals surface area contributed by atoms with Gasteiger partial charge in [0.2, 0.25) is 0 Å². The van der Waals surface area contributed by atoms with Crippen LogP contribution in [0.5, 0.6) is 0 Å². The Morgan fingerprint density at radius 1 is 0.700 bits per heavy atom. The zero-order chi connectivity index (χ0) is 22.7. The molecule has 0 spiro atoms. The van der Waals surface area contributed by atoms with Gasteiger partial charge in [0, 0.05) is 23.3 Å². The van der Waals surface area contributed by atoms with Crippen LogP contribution in [-0.4, -0.2) is 31.6 Å². The third-order valence-corrected chi connectivity index (χ3v) is 6.52. The molecule has 14 nitrogen and oxygen atoms in total. The van der Waals surface area contributed by atoms with Crippen molar-refractivity contribution in [3.05, 3.63) is 83.9 Å². The number of non-ortho nitro benzene ring substituents is 1. The summed E-state index contributed by atoms with van der Waals surface area (Å²) in [7, 11) is -9.86. The first-order valence-electron chi connectivity index (χ1n) is 7.62. The molecule has 2 aromatic carbocycles. The van der Waals surface area contributed by atoms with Gasteiger partial charge >= 0.3 is 0 Å². The second-order valence-electron chi connectivity index (χ2n) is 5.69. The Morgan fingerprint density at radius 2 is 1.20 bits per heavy atom. The Bertz CT molecular complexity index is 1240. The number of hydrogen-bond donors (Lipinski definition) is 0. The van der Waals surface area contributed by atoms with Crippen LogP contribution in [0.1, 0.15) is 11.1 Å². The molecule has 0 atom stereocenters. The zero-order valence-corrected chi connectivity index (χ0v) is 16.2. The molecular formula is C14H11N3O11S2. The molecule has 0 saturated heterocycles. The third-order valence-electron chi connectivity index (χ3n) is 3.54. The first-order valence-corrected chi connectivity index (χ1v) is 10.8. The molecule has 0 saturated carbocycles. The fraction of sp³-hybridized carbons (Fsp3) is 0.143. The maximum atomic E-state index is 12.1. The predicted molar refractivity (Wildman–Crippen MR) is 99.2 cm³/mol. The largest absolute Gasteiger partial charge is 0.286 e. The lowest BCUT2D eigenvalue weighted by molar-refractivity contribution is -0.394. The molecule has 0 unspecified atom stereocenters. The molecule has 0 aliphatic carbocycles. The van der Waals surface area contributed by atoms with Crippen molar-refractivity contribution in [2.24, 2.45) is 0 Å². The van der Waals surface area contributed by atoms with Crippen LogP contribution in [0.4, 0.5) is 17.1 Å². The minimum absolute atomic E-state index is 0.334. The van der Waals surface area contributed by atoms with E-state index in [9.17, 15) is 47.2 Å². The SMILES string of the molecule is O=[N+]([O-])c1ccc(CS(=O)(=O)OS(=O)(=O)Cc2ccccc2[N+](=O)[O-])c([N+](=O)[O-])c1. The van der Waals surface area contributed by atoms with Crippen molar-refractivity contribution in [3.63, 3.8) is 0 Å². The Morgan fingerprint density at radius 3 is 1.70 bits per heavy atom. The van der Waals surface area contributed by atoms with Crippen LogP contribution in [0.15, 0.2) is 42.5 Å². The summed E-state index contributed by atoms with van der Waals surface area (Å²) in [6, 6.07) is 6.79. The number of hydrogen-bond acceptors (Lipinski definition) is 11. The van der Waals surface area contributed by atoms with Crippen molar-refractivity contribution >= 4 is 37.3 Å². The van der Waals surface area contributed by atoms with Crippen molar-refractivity contribution in [2.75, 3.05) is 0 Å². The van der Waals surface area contributed by atoms with Gasteiger partial charge in [-0.05, 0) is 6.07 Å². The molecule has 0 aliphatic heterocycles. The number of nitro benzene ring substituents is 3. The highest BCUT2D eigenvalue weighted by molar-refractivity contribution is 7.99. The van der Waals surface area contributed by atoms with Crippen molar-refractivity contribution in [3.8, 4) is 0 Å². The van der Waals surface area contributed by atoms with Gasteiger partial charge in [-0.1, -0.05) is 18.2 Å². The quantitative estimate of drug-likeness (QED) is 0.388. The highest BCUT2D eigenvalue weighted by atomic mass is 32.3. The normalized spacial score (nSPS) is 11.7. The molecule has 0 aromatic heterocycles. The second kappa shape index (κ2) is 8.47. The first kappa shape index (κ1) is 22.8. The van der Waals surface area contributed by atoms with Crippen LogP contribution in [0.2, 0.25) is 0 Å². The molecule has 2 aromatic rings. The van der Waals surface area contributed by atoms with Gasteiger partial charge in [0.25, 0.3) is 37.3 Å². The molecular weight excluding hydrogens is 450 g/mol. The van der Waals surface area contributed by atoms with Crippen molar-refractivity contribution in [2.45, 2.75) is 11.5 Å². The van der Waals surface area contributed by atoms with Crippen molar-refractivity contribution in [1.82, 2.24) is 0 Å². The van der Waals surface area contributed by atoms with Crippen LogP contribution >= 0.6 is 0 Å². The zero-order valence-electron chi connectivity index (χ0n) is 14.6. The fourth-order valence-electron chi connectivity index (χ4n) is 2.36. The van der Waals surface area contributed by atoms with E-state index >= 15 is 0 Å². The summed E-state index contributed by atoms with van der Waals surface area (Å²) < 4.78 is 52.6. The molecule has 0 bridgehead atoms. The molecule has 30 heavy (non-hydrogen) atoms. The van der Waals surface area contributed by atoms with Crippen LogP contribution in [0.25, 0.3) is 0 Å². The molecule has 0 radical (unpaired) electrons. The molecule has 2 rings (SSSR count). The predicted octanol–water partition coefficient (Wildman–Crippen LogP) is 1.79. The lowest BCUT2D eigenvalue weighted by Gasteiger charge is -2.07. The van der Waals surface area contributed by atoms with Gasteiger partial charge in [0.05, 0.1) is 20.8 Å². The Labute approximate surface area is 168 Å². The average Bonchev–Trinajstić information content (AvgIpc) is 2.60. The van der Waals surface area contributed by atoms with E-state index in [1.165, 1.54) is 12.1 Å². The maximum absolute atomic E-state index is 12.1. The third kappa shape index (κ3) is 5.75. The van der Waals surface area contributed by atoms with Crippen molar-refractivity contribution < 1.29 is 35.2 Å². The summed E-state index contributed by atoms with van der Waals surface area (Å²) in [5, 5.41) is 32.7. The summed E-state index contributed by atoms with van der Waals surface area (Å²) in [6.07, 6.45) is 0. The Kier molecular flexibility index (Phi) is 6.44. The number of nitrogens with zero attached hydrogens (tertiary/aromatic N) is 3. The van der Waals surface area contributed by atoms with Crippen LogP contribution in [-0.2, 0) is 35.4 Å². The molecule has 0 heterocycles. The maximum Gasteiger partial charge on any atom is 0.286 e. The van der Waals surface area contributed by atoms with E-state index in [1.807, 2.05) is 0 Å². The molecule has 0 aliphatic rings. The van der Waals surface area contributed by atoms with E-state index in [1.54, 1.807) is 0 Å². The van der Waals surface area contributed by atoms with E-state index in [0.29, 0.717) is 6.07 Å². The summed E-state index contributed by atoms with van der Waals surface area (Å²) in [5.74, 6) is -2.43. The first-order chi connectivity index (χ1) is 13.8. The van der Waals surface area contributed by atoms with Crippen LogP contribution in [0, 0.1) is 30.3 Å². The number of nitro groups is 3. The van der Waals surface area contributed by atoms with E-state index in [4.69, 9.17) is 0 Å². The molecule has 0 N–H and O–H groups in total. The van der Waals surface area contributed by atoms with Crippen LogP contribution < -0.4 is 0 Å². The van der Waals surface area contributed by atoms with E-state index in [0.717, 1.165) is 24.3 Å². The van der Waals surface area contributed by atoms with E-state index < -0.39 is 69.1 Å². The summed E-state index contributed by atoms with van der Waals surface area (Å²) in [6.45, 7) is 0. The average molecular weight is 461 g/mol. The standard InChI is InChI=1S/C14H11N3O11S2/c18-15(19)12-6-5-11(14(7-12)17(22)23)9-30(26,27)28-29(24,25)8-10-3-1-2-4-13(10)16(20)21/h1-7H,8-9H2. The number of rotatable bonds is 9.